The van der Waals surface area contributed by atoms with E-state index in [-0.39, 0.29) is 5.78 Å². The number of terminal acetylenes is 1. The molecule has 0 fully saturated rings. The standard InChI is InChI=1S/C13H11NO/c1-3-5-8-11(4-2)13(15)12-9-6-7-10-14-12/h1,4-10H,2H3/b8-5-,11-4+. The first-order chi connectivity index (χ1) is 7.29. The second-order valence-electron chi connectivity index (χ2n) is 2.79. The molecule has 0 amide bonds. The molecule has 1 aromatic rings. The minimum absolute atomic E-state index is 0.121. The first-order valence-corrected chi connectivity index (χ1v) is 4.54. The third-order valence-electron chi connectivity index (χ3n) is 1.83. The number of hydrogen-bond acceptors (Lipinski definition) is 2. The van der Waals surface area contributed by atoms with Gasteiger partial charge in [-0.25, -0.2) is 0 Å². The Labute approximate surface area is 89.4 Å². The number of rotatable bonds is 3. The number of nitrogens with zero attached hydrogens (tertiary/aromatic N) is 1. The Morgan fingerprint density at radius 3 is 2.87 bits per heavy atom. The molecule has 0 N–H and O–H groups in total. The molecule has 1 rings (SSSR count). The van der Waals surface area contributed by atoms with E-state index in [4.69, 9.17) is 6.42 Å². The molecule has 0 spiro atoms. The van der Waals surface area contributed by atoms with Gasteiger partial charge in [-0.1, -0.05) is 18.1 Å². The molecule has 1 aromatic heterocycles. The van der Waals surface area contributed by atoms with Crippen LogP contribution in [0.2, 0.25) is 0 Å². The molecule has 0 unspecified atom stereocenters. The van der Waals surface area contributed by atoms with E-state index < -0.39 is 0 Å². The first-order valence-electron chi connectivity index (χ1n) is 4.54. The summed E-state index contributed by atoms with van der Waals surface area (Å²) in [6.45, 7) is 1.79. The van der Waals surface area contributed by atoms with Crippen molar-refractivity contribution in [2.75, 3.05) is 0 Å². The molecule has 15 heavy (non-hydrogen) atoms. The Morgan fingerprint density at radius 2 is 2.33 bits per heavy atom. The highest BCUT2D eigenvalue weighted by atomic mass is 16.1. The third-order valence-corrected chi connectivity index (χ3v) is 1.83. The topological polar surface area (TPSA) is 30.0 Å². The van der Waals surface area contributed by atoms with Crippen molar-refractivity contribution >= 4 is 5.78 Å². The van der Waals surface area contributed by atoms with E-state index in [0.717, 1.165) is 0 Å². The SMILES string of the molecule is C#C/C=C\C(=C/C)C(=O)c1ccccn1. The summed E-state index contributed by atoms with van der Waals surface area (Å²) in [5.41, 5.74) is 0.971. The van der Waals surface area contributed by atoms with E-state index >= 15 is 0 Å². The summed E-state index contributed by atoms with van der Waals surface area (Å²) in [4.78, 5) is 15.8. The lowest BCUT2D eigenvalue weighted by molar-refractivity contribution is 0.103. The summed E-state index contributed by atoms with van der Waals surface area (Å²) in [7, 11) is 0. The molecule has 0 aliphatic heterocycles. The molecule has 1 heterocycles. The number of carbonyl (C=O) groups excluding carboxylic acids is 1. The zero-order chi connectivity index (χ0) is 11.1. The van der Waals surface area contributed by atoms with E-state index in [2.05, 4.69) is 10.9 Å². The predicted molar refractivity (Wildman–Crippen MR) is 60.3 cm³/mol. The van der Waals surface area contributed by atoms with Crippen LogP contribution in [0.5, 0.6) is 0 Å². The normalized spacial score (nSPS) is 11.3. The van der Waals surface area contributed by atoms with Crippen molar-refractivity contribution in [2.45, 2.75) is 6.92 Å². The van der Waals surface area contributed by atoms with E-state index in [1.54, 1.807) is 43.5 Å². The second kappa shape index (κ2) is 5.56. The van der Waals surface area contributed by atoms with E-state index in [0.29, 0.717) is 11.3 Å². The smallest absolute Gasteiger partial charge is 0.211 e. The van der Waals surface area contributed by atoms with Crippen LogP contribution < -0.4 is 0 Å². The van der Waals surface area contributed by atoms with E-state index in [1.807, 2.05) is 0 Å². The highest BCUT2D eigenvalue weighted by molar-refractivity contribution is 6.09. The summed E-state index contributed by atoms with van der Waals surface area (Å²) in [5, 5.41) is 0. The molecular weight excluding hydrogens is 186 g/mol. The van der Waals surface area contributed by atoms with Crippen LogP contribution in [-0.4, -0.2) is 10.8 Å². The number of carbonyl (C=O) groups is 1. The Balaban J connectivity index is 2.95. The van der Waals surface area contributed by atoms with E-state index in [1.165, 1.54) is 6.08 Å². The fourth-order valence-electron chi connectivity index (χ4n) is 1.09. The number of ketones is 1. The number of pyridine rings is 1. The van der Waals surface area contributed by atoms with Gasteiger partial charge < -0.3 is 0 Å². The van der Waals surface area contributed by atoms with Crippen molar-refractivity contribution in [1.29, 1.82) is 0 Å². The minimum Gasteiger partial charge on any atom is -0.287 e. The van der Waals surface area contributed by atoms with Gasteiger partial charge in [0, 0.05) is 11.8 Å². The number of Topliss-reactive ketones (excluding diaryl/α,β-unsaturated/α-hetero) is 1. The molecule has 2 heteroatoms. The highest BCUT2D eigenvalue weighted by Crippen LogP contribution is 2.06. The molecule has 2 nitrogen and oxygen atoms in total. The summed E-state index contributed by atoms with van der Waals surface area (Å²) >= 11 is 0. The molecule has 0 atom stereocenters. The van der Waals surface area contributed by atoms with Gasteiger partial charge in [-0.15, -0.1) is 6.42 Å². The van der Waals surface area contributed by atoms with Crippen molar-refractivity contribution in [2.24, 2.45) is 0 Å². The van der Waals surface area contributed by atoms with Crippen molar-refractivity contribution in [3.63, 3.8) is 0 Å². The average Bonchev–Trinajstić information content (AvgIpc) is 2.31. The molecule has 0 aromatic carbocycles. The van der Waals surface area contributed by atoms with Gasteiger partial charge in [0.15, 0.2) is 0 Å². The largest absolute Gasteiger partial charge is 0.287 e. The Hall–Kier alpha value is -2.14. The predicted octanol–water partition coefficient (Wildman–Crippen LogP) is 2.40. The summed E-state index contributed by atoms with van der Waals surface area (Å²) in [5.74, 6) is 2.22. The van der Waals surface area contributed by atoms with Crippen molar-refractivity contribution in [3.8, 4) is 12.3 Å². The summed E-state index contributed by atoms with van der Waals surface area (Å²) in [6, 6.07) is 5.22. The maximum absolute atomic E-state index is 11.8. The van der Waals surface area contributed by atoms with Gasteiger partial charge in [-0.3, -0.25) is 9.78 Å². The second-order valence-corrected chi connectivity index (χ2v) is 2.79. The molecule has 0 saturated heterocycles. The molecule has 0 saturated carbocycles. The van der Waals surface area contributed by atoms with Gasteiger partial charge >= 0.3 is 0 Å². The van der Waals surface area contributed by atoms with Crippen molar-refractivity contribution in [1.82, 2.24) is 4.98 Å². The average molecular weight is 197 g/mol. The lowest BCUT2D eigenvalue weighted by Crippen LogP contribution is -2.03. The lowest BCUT2D eigenvalue weighted by atomic mass is 10.1. The van der Waals surface area contributed by atoms with Crippen molar-refractivity contribution < 1.29 is 4.79 Å². The quantitative estimate of drug-likeness (QED) is 0.322. The summed E-state index contributed by atoms with van der Waals surface area (Å²) < 4.78 is 0. The monoisotopic (exact) mass is 197 g/mol. The third kappa shape index (κ3) is 2.92. The van der Waals surface area contributed by atoms with Gasteiger partial charge in [0.2, 0.25) is 5.78 Å². The minimum atomic E-state index is -0.121. The number of hydrogen-bond donors (Lipinski definition) is 0. The zero-order valence-corrected chi connectivity index (χ0v) is 8.47. The van der Waals surface area contributed by atoms with Gasteiger partial charge in [0.1, 0.15) is 5.69 Å². The molecule has 0 aliphatic rings. The van der Waals surface area contributed by atoms with Crippen LogP contribution in [0, 0.1) is 12.3 Å². The molecule has 0 radical (unpaired) electrons. The number of aromatic nitrogens is 1. The maximum Gasteiger partial charge on any atom is 0.211 e. The van der Waals surface area contributed by atoms with Crippen LogP contribution in [0.25, 0.3) is 0 Å². The van der Waals surface area contributed by atoms with Gasteiger partial charge in [0.25, 0.3) is 0 Å². The maximum atomic E-state index is 11.8. The van der Waals surface area contributed by atoms with Gasteiger partial charge in [-0.2, -0.15) is 0 Å². The highest BCUT2D eigenvalue weighted by Gasteiger charge is 2.08. The molecule has 0 aliphatic carbocycles. The van der Waals surface area contributed by atoms with Crippen LogP contribution in [0.15, 0.2) is 48.2 Å². The fourth-order valence-corrected chi connectivity index (χ4v) is 1.09. The first kappa shape index (κ1) is 10.9. The van der Waals surface area contributed by atoms with E-state index in [9.17, 15) is 4.79 Å². The molecule has 74 valence electrons. The molecular formula is C13H11NO. The van der Waals surface area contributed by atoms with Crippen LogP contribution in [0.4, 0.5) is 0 Å². The lowest BCUT2D eigenvalue weighted by Gasteiger charge is -1.99. The Bertz CT molecular complexity index is 435. The molecule has 0 bridgehead atoms. The Kier molecular flexibility index (Phi) is 4.05. The van der Waals surface area contributed by atoms with Crippen LogP contribution in [0.3, 0.4) is 0 Å². The van der Waals surface area contributed by atoms with Crippen LogP contribution in [0.1, 0.15) is 17.4 Å². The summed E-state index contributed by atoms with van der Waals surface area (Å²) in [6.07, 6.45) is 11.5. The number of allylic oxidation sites excluding steroid dienone is 4. The Morgan fingerprint density at radius 1 is 1.53 bits per heavy atom. The van der Waals surface area contributed by atoms with Gasteiger partial charge in [-0.05, 0) is 31.2 Å². The fraction of sp³-hybridized carbons (Fsp3) is 0.0769. The van der Waals surface area contributed by atoms with Crippen molar-refractivity contribution in [3.05, 3.63) is 53.9 Å². The zero-order valence-electron chi connectivity index (χ0n) is 8.47. The van der Waals surface area contributed by atoms with Crippen LogP contribution in [-0.2, 0) is 0 Å². The van der Waals surface area contributed by atoms with Gasteiger partial charge in [0.05, 0.1) is 0 Å². The van der Waals surface area contributed by atoms with Crippen LogP contribution >= 0.6 is 0 Å².